The second-order valence-corrected chi connectivity index (χ2v) is 8.65. The Balaban J connectivity index is 2.24. The smallest absolute Gasteiger partial charge is 0.150 e. The molecule has 0 bridgehead atoms. The van der Waals surface area contributed by atoms with Gasteiger partial charge in [0, 0.05) is 23.7 Å². The lowest BCUT2D eigenvalue weighted by Crippen LogP contribution is -2.34. The molecule has 1 aromatic heterocycles. The maximum absolute atomic E-state index is 11.9. The highest BCUT2D eigenvalue weighted by molar-refractivity contribution is 7.91. The Kier molecular flexibility index (Phi) is 5.04. The average Bonchev–Trinajstić information content (AvgIpc) is 2.38. The van der Waals surface area contributed by atoms with Gasteiger partial charge in [0.15, 0.2) is 0 Å². The van der Waals surface area contributed by atoms with E-state index >= 15 is 0 Å². The van der Waals surface area contributed by atoms with Crippen molar-refractivity contribution in [2.24, 2.45) is 5.92 Å². The van der Waals surface area contributed by atoms with E-state index in [-0.39, 0.29) is 11.3 Å². The second kappa shape index (κ2) is 6.44. The van der Waals surface area contributed by atoms with E-state index in [0.29, 0.717) is 5.92 Å². The van der Waals surface area contributed by atoms with Crippen LogP contribution in [0.15, 0.2) is 12.1 Å². The van der Waals surface area contributed by atoms with Crippen LogP contribution >= 0.6 is 0 Å². The van der Waals surface area contributed by atoms with Gasteiger partial charge in [0.1, 0.15) is 9.84 Å². The number of pyridine rings is 1. The van der Waals surface area contributed by atoms with Crippen molar-refractivity contribution < 1.29 is 8.42 Å². The number of nitrogens with one attached hydrogen (secondary N) is 1. The van der Waals surface area contributed by atoms with Gasteiger partial charge in [0.05, 0.1) is 5.25 Å². The van der Waals surface area contributed by atoms with Crippen LogP contribution in [0, 0.1) is 19.8 Å². The van der Waals surface area contributed by atoms with Crippen molar-refractivity contribution in [2.75, 3.05) is 13.3 Å². The topological polar surface area (TPSA) is 59.1 Å². The lowest BCUT2D eigenvalue weighted by Gasteiger charge is -2.34. The second-order valence-electron chi connectivity index (χ2n) is 6.33. The molecule has 0 aliphatic heterocycles. The minimum Gasteiger partial charge on any atom is -0.313 e. The molecule has 3 unspecified atom stereocenters. The minimum absolute atomic E-state index is 0.184. The van der Waals surface area contributed by atoms with Crippen molar-refractivity contribution in [3.63, 3.8) is 0 Å². The van der Waals surface area contributed by atoms with Crippen LogP contribution in [0.3, 0.4) is 0 Å². The van der Waals surface area contributed by atoms with E-state index in [2.05, 4.69) is 22.4 Å². The van der Waals surface area contributed by atoms with Crippen molar-refractivity contribution in [3.05, 3.63) is 29.1 Å². The summed E-state index contributed by atoms with van der Waals surface area (Å²) < 4.78 is 23.7. The number of sulfone groups is 1. The van der Waals surface area contributed by atoms with Gasteiger partial charge in [-0.2, -0.15) is 0 Å². The molecule has 3 atom stereocenters. The molecule has 2 rings (SSSR count). The van der Waals surface area contributed by atoms with E-state index in [4.69, 9.17) is 0 Å². The normalized spacial score (nSPS) is 24.8. The highest BCUT2D eigenvalue weighted by Crippen LogP contribution is 2.36. The SMILES string of the molecule is CNC(c1cc(C)nc(C)c1)C1CCCC(S(C)(=O)=O)C1. The molecule has 1 heterocycles. The van der Waals surface area contributed by atoms with Crippen LogP contribution in [0.25, 0.3) is 0 Å². The third-order valence-electron chi connectivity index (χ3n) is 4.52. The molecule has 0 spiro atoms. The zero-order chi connectivity index (χ0) is 15.6. The van der Waals surface area contributed by atoms with Crippen LogP contribution in [-0.2, 0) is 9.84 Å². The largest absolute Gasteiger partial charge is 0.313 e. The summed E-state index contributed by atoms with van der Waals surface area (Å²) in [7, 11) is -0.981. The molecule has 0 radical (unpaired) electrons. The fourth-order valence-electron chi connectivity index (χ4n) is 3.59. The molecule has 118 valence electrons. The fraction of sp³-hybridized carbons (Fsp3) is 0.688. The van der Waals surface area contributed by atoms with Gasteiger partial charge in [-0.3, -0.25) is 4.98 Å². The van der Waals surface area contributed by atoms with Crippen molar-refractivity contribution in [3.8, 4) is 0 Å². The summed E-state index contributed by atoms with van der Waals surface area (Å²) in [6, 6.07) is 4.42. The first-order valence-corrected chi connectivity index (χ1v) is 9.58. The van der Waals surface area contributed by atoms with Gasteiger partial charge in [0.2, 0.25) is 0 Å². The fourth-order valence-corrected chi connectivity index (χ4v) is 4.79. The maximum atomic E-state index is 11.9. The van der Waals surface area contributed by atoms with Crippen LogP contribution in [0.2, 0.25) is 0 Å². The Labute approximate surface area is 128 Å². The molecule has 1 aliphatic rings. The summed E-state index contributed by atoms with van der Waals surface area (Å²) in [6.07, 6.45) is 5.00. The Morgan fingerprint density at radius 3 is 2.38 bits per heavy atom. The number of rotatable bonds is 4. The lowest BCUT2D eigenvalue weighted by molar-refractivity contribution is 0.282. The Bertz CT molecular complexity index is 578. The van der Waals surface area contributed by atoms with E-state index < -0.39 is 9.84 Å². The summed E-state index contributed by atoms with van der Waals surface area (Å²) in [5.74, 6) is 0.365. The standard InChI is InChI=1S/C16H26N2O2S/c1-11-8-14(9-12(2)18-11)16(17-3)13-6-5-7-15(10-13)21(4,19)20/h8-9,13,15-17H,5-7,10H2,1-4H3. The monoisotopic (exact) mass is 310 g/mol. The van der Waals surface area contributed by atoms with Crippen LogP contribution < -0.4 is 5.32 Å². The molecule has 1 saturated carbocycles. The molecule has 21 heavy (non-hydrogen) atoms. The summed E-state index contributed by atoms with van der Waals surface area (Å²) in [5.41, 5.74) is 3.25. The van der Waals surface area contributed by atoms with Crippen LogP contribution in [-0.4, -0.2) is 32.0 Å². The number of hydrogen-bond donors (Lipinski definition) is 1. The van der Waals surface area contributed by atoms with Crippen LogP contribution in [0.5, 0.6) is 0 Å². The Morgan fingerprint density at radius 2 is 1.86 bits per heavy atom. The number of aryl methyl sites for hydroxylation is 2. The quantitative estimate of drug-likeness (QED) is 0.928. The Morgan fingerprint density at radius 1 is 1.24 bits per heavy atom. The van der Waals surface area contributed by atoms with Crippen molar-refractivity contribution in [2.45, 2.75) is 50.8 Å². The Hall–Kier alpha value is -0.940. The van der Waals surface area contributed by atoms with Crippen molar-refractivity contribution in [1.29, 1.82) is 0 Å². The molecule has 1 aliphatic carbocycles. The summed E-state index contributed by atoms with van der Waals surface area (Å²) in [5, 5.41) is 3.21. The molecular formula is C16H26N2O2S. The van der Waals surface area contributed by atoms with Crippen molar-refractivity contribution >= 4 is 9.84 Å². The molecule has 5 heteroatoms. The van der Waals surface area contributed by atoms with E-state index in [1.54, 1.807) is 0 Å². The number of nitrogens with zero attached hydrogens (tertiary/aromatic N) is 1. The van der Waals surface area contributed by atoms with Gasteiger partial charge < -0.3 is 5.32 Å². The molecule has 4 nitrogen and oxygen atoms in total. The highest BCUT2D eigenvalue weighted by atomic mass is 32.2. The molecule has 1 N–H and O–H groups in total. The van der Waals surface area contributed by atoms with Gasteiger partial charge in [-0.15, -0.1) is 0 Å². The van der Waals surface area contributed by atoms with E-state index in [0.717, 1.165) is 37.1 Å². The first kappa shape index (κ1) is 16.4. The maximum Gasteiger partial charge on any atom is 0.150 e. The lowest BCUT2D eigenvalue weighted by atomic mass is 9.81. The van der Waals surface area contributed by atoms with Crippen molar-refractivity contribution in [1.82, 2.24) is 10.3 Å². The molecule has 0 amide bonds. The predicted octanol–water partition coefficient (Wildman–Crippen LogP) is 2.56. The first-order valence-electron chi connectivity index (χ1n) is 7.62. The van der Waals surface area contributed by atoms with Gasteiger partial charge in [-0.25, -0.2) is 8.42 Å². The predicted molar refractivity (Wildman–Crippen MR) is 86.1 cm³/mol. The van der Waals surface area contributed by atoms with Crippen LogP contribution in [0.4, 0.5) is 0 Å². The molecule has 0 saturated heterocycles. The number of aromatic nitrogens is 1. The van der Waals surface area contributed by atoms with Gasteiger partial charge in [-0.05, 0) is 63.8 Å². The summed E-state index contributed by atoms with van der Waals surface area (Å²) in [6.45, 7) is 4.01. The third-order valence-corrected chi connectivity index (χ3v) is 6.16. The van der Waals surface area contributed by atoms with E-state index in [1.165, 1.54) is 11.8 Å². The minimum atomic E-state index is -2.94. The highest BCUT2D eigenvalue weighted by Gasteiger charge is 2.33. The van der Waals surface area contributed by atoms with E-state index in [1.807, 2.05) is 20.9 Å². The third kappa shape index (κ3) is 4.04. The average molecular weight is 310 g/mol. The molecule has 1 aromatic rings. The first-order chi connectivity index (χ1) is 9.81. The zero-order valence-electron chi connectivity index (χ0n) is 13.4. The van der Waals surface area contributed by atoms with Gasteiger partial charge >= 0.3 is 0 Å². The number of hydrogen-bond acceptors (Lipinski definition) is 4. The van der Waals surface area contributed by atoms with Gasteiger partial charge in [0.25, 0.3) is 0 Å². The van der Waals surface area contributed by atoms with Crippen LogP contribution in [0.1, 0.15) is 48.7 Å². The zero-order valence-corrected chi connectivity index (χ0v) is 14.2. The van der Waals surface area contributed by atoms with E-state index in [9.17, 15) is 8.42 Å². The van der Waals surface area contributed by atoms with Gasteiger partial charge in [-0.1, -0.05) is 6.42 Å². The molecule has 1 fully saturated rings. The molecular weight excluding hydrogens is 284 g/mol. The summed E-state index contributed by atoms with van der Waals surface area (Å²) in [4.78, 5) is 4.43. The summed E-state index contributed by atoms with van der Waals surface area (Å²) >= 11 is 0. The molecule has 0 aromatic carbocycles.